The van der Waals surface area contributed by atoms with Crippen LogP contribution in [0.25, 0.3) is 0 Å². The van der Waals surface area contributed by atoms with Gasteiger partial charge in [0.05, 0.1) is 11.5 Å². The Bertz CT molecular complexity index is 467. The average Bonchev–Trinajstić information content (AvgIpc) is 2.89. The standard InChI is InChI=1S/C12H19N5O3/c18-12(15-10-4-2-1-3-5-10)13-6-7-16-9-11(8-14-16)17(19)20/h8-10H,1-7H2,(H2,13,15,18). The van der Waals surface area contributed by atoms with Crippen LogP contribution in [-0.2, 0) is 6.54 Å². The highest BCUT2D eigenvalue weighted by Gasteiger charge is 2.15. The number of amides is 2. The maximum absolute atomic E-state index is 11.7. The summed E-state index contributed by atoms with van der Waals surface area (Å²) in [4.78, 5) is 21.7. The van der Waals surface area contributed by atoms with Crippen molar-refractivity contribution in [1.82, 2.24) is 20.4 Å². The third-order valence-electron chi connectivity index (χ3n) is 3.40. The third-order valence-corrected chi connectivity index (χ3v) is 3.40. The van der Waals surface area contributed by atoms with Gasteiger partial charge in [-0.3, -0.25) is 14.8 Å². The van der Waals surface area contributed by atoms with Gasteiger partial charge >= 0.3 is 11.7 Å². The molecule has 1 saturated carbocycles. The van der Waals surface area contributed by atoms with Crippen molar-refractivity contribution in [3.63, 3.8) is 0 Å². The molecule has 2 amide bonds. The molecule has 0 radical (unpaired) electrons. The summed E-state index contributed by atoms with van der Waals surface area (Å²) in [5.74, 6) is 0. The van der Waals surface area contributed by atoms with Gasteiger partial charge in [0.1, 0.15) is 12.4 Å². The number of nitro groups is 1. The molecule has 0 atom stereocenters. The van der Waals surface area contributed by atoms with E-state index in [9.17, 15) is 14.9 Å². The van der Waals surface area contributed by atoms with E-state index in [1.807, 2.05) is 0 Å². The number of carbonyl (C=O) groups excluding carboxylic acids is 1. The molecule has 1 aliphatic rings. The lowest BCUT2D eigenvalue weighted by Gasteiger charge is -2.22. The Labute approximate surface area is 116 Å². The molecule has 1 fully saturated rings. The largest absolute Gasteiger partial charge is 0.336 e. The molecule has 0 bridgehead atoms. The van der Waals surface area contributed by atoms with Crippen molar-refractivity contribution in [2.24, 2.45) is 0 Å². The Morgan fingerprint density at radius 3 is 2.85 bits per heavy atom. The molecule has 2 rings (SSSR count). The van der Waals surface area contributed by atoms with E-state index < -0.39 is 4.92 Å². The molecule has 110 valence electrons. The summed E-state index contributed by atoms with van der Waals surface area (Å²) in [6.45, 7) is 0.795. The molecular weight excluding hydrogens is 262 g/mol. The summed E-state index contributed by atoms with van der Waals surface area (Å²) in [6, 6.07) is 0.0908. The topological polar surface area (TPSA) is 102 Å². The fourth-order valence-corrected chi connectivity index (χ4v) is 2.34. The second kappa shape index (κ2) is 6.88. The third kappa shape index (κ3) is 4.22. The van der Waals surface area contributed by atoms with Crippen molar-refractivity contribution in [1.29, 1.82) is 0 Å². The number of hydrogen-bond donors (Lipinski definition) is 2. The van der Waals surface area contributed by atoms with E-state index in [0.717, 1.165) is 12.8 Å². The minimum atomic E-state index is -0.493. The zero-order chi connectivity index (χ0) is 14.4. The van der Waals surface area contributed by atoms with Gasteiger partial charge in [-0.05, 0) is 12.8 Å². The highest BCUT2D eigenvalue weighted by atomic mass is 16.6. The lowest BCUT2D eigenvalue weighted by molar-refractivity contribution is -0.385. The zero-order valence-electron chi connectivity index (χ0n) is 11.2. The Balaban J connectivity index is 1.66. The first-order valence-corrected chi connectivity index (χ1v) is 6.86. The Morgan fingerprint density at radius 1 is 1.45 bits per heavy atom. The van der Waals surface area contributed by atoms with Crippen LogP contribution in [0.4, 0.5) is 10.5 Å². The predicted molar refractivity (Wildman–Crippen MR) is 72.3 cm³/mol. The fourth-order valence-electron chi connectivity index (χ4n) is 2.34. The molecule has 8 nitrogen and oxygen atoms in total. The molecule has 1 aromatic heterocycles. The second-order valence-corrected chi connectivity index (χ2v) is 4.95. The predicted octanol–water partition coefficient (Wildman–Crippen LogP) is 1.42. The molecular formula is C12H19N5O3. The van der Waals surface area contributed by atoms with Gasteiger partial charge < -0.3 is 10.6 Å². The Hall–Kier alpha value is -2.12. The number of nitrogens with zero attached hydrogens (tertiary/aromatic N) is 3. The molecule has 1 aliphatic carbocycles. The molecule has 1 aromatic rings. The van der Waals surface area contributed by atoms with Crippen LogP contribution in [0.2, 0.25) is 0 Å². The number of hydrogen-bond acceptors (Lipinski definition) is 4. The highest BCUT2D eigenvalue weighted by Crippen LogP contribution is 2.17. The summed E-state index contributed by atoms with van der Waals surface area (Å²) in [5, 5.41) is 20.0. The van der Waals surface area contributed by atoms with Gasteiger partial charge in [0, 0.05) is 12.6 Å². The molecule has 20 heavy (non-hydrogen) atoms. The van der Waals surface area contributed by atoms with Crippen molar-refractivity contribution >= 4 is 11.7 Å². The van der Waals surface area contributed by atoms with E-state index in [2.05, 4.69) is 15.7 Å². The first kappa shape index (κ1) is 14.3. The number of carbonyl (C=O) groups is 1. The van der Waals surface area contributed by atoms with E-state index in [-0.39, 0.29) is 17.8 Å². The van der Waals surface area contributed by atoms with Crippen molar-refractivity contribution in [2.75, 3.05) is 6.54 Å². The molecule has 1 heterocycles. The SMILES string of the molecule is O=C(NCCn1cc([N+](=O)[O-])cn1)NC1CCCCC1. The lowest BCUT2D eigenvalue weighted by atomic mass is 9.96. The monoisotopic (exact) mass is 281 g/mol. The van der Waals surface area contributed by atoms with Gasteiger partial charge in [0.2, 0.25) is 0 Å². The molecule has 2 N–H and O–H groups in total. The maximum atomic E-state index is 11.7. The van der Waals surface area contributed by atoms with Crippen molar-refractivity contribution in [3.8, 4) is 0 Å². The first-order valence-electron chi connectivity index (χ1n) is 6.86. The van der Waals surface area contributed by atoms with Crippen LogP contribution in [0, 0.1) is 10.1 Å². The first-order chi connectivity index (χ1) is 9.65. The summed E-state index contributed by atoms with van der Waals surface area (Å²) in [5.41, 5.74) is -0.0448. The van der Waals surface area contributed by atoms with Crippen molar-refractivity contribution in [2.45, 2.75) is 44.7 Å². The van der Waals surface area contributed by atoms with Gasteiger partial charge in [-0.15, -0.1) is 0 Å². The second-order valence-electron chi connectivity index (χ2n) is 4.95. The summed E-state index contributed by atoms with van der Waals surface area (Å²) >= 11 is 0. The van der Waals surface area contributed by atoms with E-state index in [4.69, 9.17) is 0 Å². The maximum Gasteiger partial charge on any atom is 0.315 e. The van der Waals surface area contributed by atoms with Crippen LogP contribution in [0.15, 0.2) is 12.4 Å². The molecule has 0 aromatic carbocycles. The van der Waals surface area contributed by atoms with Crippen LogP contribution >= 0.6 is 0 Å². The number of urea groups is 1. The Kier molecular flexibility index (Phi) is 4.91. The quantitative estimate of drug-likeness (QED) is 0.629. The molecule has 0 aliphatic heterocycles. The van der Waals surface area contributed by atoms with E-state index >= 15 is 0 Å². The van der Waals surface area contributed by atoms with Gasteiger partial charge in [0.15, 0.2) is 0 Å². The van der Waals surface area contributed by atoms with Crippen LogP contribution in [0.1, 0.15) is 32.1 Å². The number of aromatic nitrogens is 2. The lowest BCUT2D eigenvalue weighted by Crippen LogP contribution is -2.43. The van der Waals surface area contributed by atoms with E-state index in [1.165, 1.54) is 36.3 Å². The number of rotatable bonds is 5. The Morgan fingerprint density at radius 2 is 2.20 bits per heavy atom. The van der Waals surface area contributed by atoms with Crippen molar-refractivity contribution < 1.29 is 9.72 Å². The fraction of sp³-hybridized carbons (Fsp3) is 0.667. The van der Waals surface area contributed by atoms with Crippen LogP contribution in [-0.4, -0.2) is 33.3 Å². The molecule has 0 spiro atoms. The minimum Gasteiger partial charge on any atom is -0.336 e. The van der Waals surface area contributed by atoms with Crippen LogP contribution in [0.3, 0.4) is 0 Å². The van der Waals surface area contributed by atoms with Crippen LogP contribution < -0.4 is 10.6 Å². The van der Waals surface area contributed by atoms with Gasteiger partial charge in [-0.1, -0.05) is 19.3 Å². The minimum absolute atomic E-state index is 0.0448. The summed E-state index contributed by atoms with van der Waals surface area (Å²) in [6.07, 6.45) is 8.21. The van der Waals surface area contributed by atoms with Crippen LogP contribution in [0.5, 0.6) is 0 Å². The highest BCUT2D eigenvalue weighted by molar-refractivity contribution is 5.74. The van der Waals surface area contributed by atoms with Crippen molar-refractivity contribution in [3.05, 3.63) is 22.5 Å². The average molecular weight is 281 g/mol. The van der Waals surface area contributed by atoms with E-state index in [0.29, 0.717) is 13.1 Å². The normalized spacial score (nSPS) is 15.8. The zero-order valence-corrected chi connectivity index (χ0v) is 11.2. The summed E-state index contributed by atoms with van der Waals surface area (Å²) < 4.78 is 1.44. The molecule has 8 heteroatoms. The summed E-state index contributed by atoms with van der Waals surface area (Å²) in [7, 11) is 0. The van der Waals surface area contributed by atoms with Gasteiger partial charge in [-0.2, -0.15) is 5.10 Å². The van der Waals surface area contributed by atoms with Gasteiger partial charge in [0.25, 0.3) is 0 Å². The smallest absolute Gasteiger partial charge is 0.315 e. The molecule has 0 saturated heterocycles. The molecule has 0 unspecified atom stereocenters. The van der Waals surface area contributed by atoms with Gasteiger partial charge in [-0.25, -0.2) is 4.79 Å². The van der Waals surface area contributed by atoms with E-state index in [1.54, 1.807) is 0 Å². The number of nitrogens with one attached hydrogen (secondary N) is 2.